The number of aromatic amines is 2. The Morgan fingerprint density at radius 3 is 2.81 bits per heavy atom. The van der Waals surface area contributed by atoms with E-state index in [0.29, 0.717) is 41.0 Å². The van der Waals surface area contributed by atoms with E-state index >= 15 is 0 Å². The molecule has 0 spiro atoms. The van der Waals surface area contributed by atoms with Crippen LogP contribution in [0.1, 0.15) is 0 Å². The van der Waals surface area contributed by atoms with Crippen molar-refractivity contribution in [1.82, 2.24) is 19.5 Å². The van der Waals surface area contributed by atoms with E-state index in [1.807, 2.05) is 16.7 Å². The molecule has 0 aliphatic carbocycles. The summed E-state index contributed by atoms with van der Waals surface area (Å²) in [5.74, 6) is 1.93. The highest BCUT2D eigenvalue weighted by molar-refractivity contribution is 7.71. The van der Waals surface area contributed by atoms with E-state index < -0.39 is 0 Å². The van der Waals surface area contributed by atoms with E-state index in [1.54, 1.807) is 32.7 Å². The van der Waals surface area contributed by atoms with Gasteiger partial charge in [0.2, 0.25) is 0 Å². The highest BCUT2D eigenvalue weighted by atomic mass is 32.1. The second kappa shape index (κ2) is 7.87. The lowest BCUT2D eigenvalue weighted by atomic mass is 10.1. The maximum Gasteiger partial charge on any atom is 0.252 e. The van der Waals surface area contributed by atoms with Gasteiger partial charge in [0.05, 0.1) is 19.9 Å². The summed E-state index contributed by atoms with van der Waals surface area (Å²) < 4.78 is 12.9. The fourth-order valence-corrected chi connectivity index (χ4v) is 2.91. The Hall–Kier alpha value is -3.07. The molecule has 26 heavy (non-hydrogen) atoms. The molecule has 0 saturated carbocycles. The average molecular weight is 373 g/mol. The number of nitrogens with one attached hydrogen (secondary N) is 3. The predicted octanol–water partition coefficient (Wildman–Crippen LogP) is 2.43. The van der Waals surface area contributed by atoms with Crippen LogP contribution in [0, 0.1) is 4.77 Å². The van der Waals surface area contributed by atoms with Gasteiger partial charge in [0.1, 0.15) is 11.5 Å². The maximum absolute atomic E-state index is 12.0. The molecule has 9 heteroatoms. The number of imidazole rings is 1. The summed E-state index contributed by atoms with van der Waals surface area (Å²) in [5, 5.41) is 3.16. The summed E-state index contributed by atoms with van der Waals surface area (Å²) in [6.07, 6.45) is 3.41. The zero-order chi connectivity index (χ0) is 18.5. The number of methoxy groups -OCH3 is 2. The molecule has 0 amide bonds. The smallest absolute Gasteiger partial charge is 0.252 e. The number of aromatic nitrogens is 4. The molecular formula is C17H19N5O3S. The fourth-order valence-electron chi connectivity index (χ4n) is 2.62. The van der Waals surface area contributed by atoms with Gasteiger partial charge < -0.3 is 24.3 Å². The quantitative estimate of drug-likeness (QED) is 0.551. The molecule has 1 aromatic carbocycles. The SMILES string of the molecule is COc1ccc(-c2cc(=O)[nH]c(=S)n2CCNc2ncc[nH]2)c(OC)c1. The first-order chi connectivity index (χ1) is 12.6. The zero-order valence-electron chi connectivity index (χ0n) is 14.4. The van der Waals surface area contributed by atoms with E-state index in [-0.39, 0.29) is 5.56 Å². The Kier molecular flexibility index (Phi) is 5.37. The van der Waals surface area contributed by atoms with Crippen LogP contribution in [-0.2, 0) is 6.54 Å². The van der Waals surface area contributed by atoms with Gasteiger partial charge in [0.25, 0.3) is 5.56 Å². The van der Waals surface area contributed by atoms with Crippen LogP contribution in [0.15, 0.2) is 41.5 Å². The lowest BCUT2D eigenvalue weighted by Crippen LogP contribution is -2.19. The largest absolute Gasteiger partial charge is 0.497 e. The predicted molar refractivity (Wildman–Crippen MR) is 102 cm³/mol. The lowest BCUT2D eigenvalue weighted by Gasteiger charge is -2.16. The Morgan fingerprint density at radius 2 is 2.12 bits per heavy atom. The topological polar surface area (TPSA) is 97.0 Å². The minimum absolute atomic E-state index is 0.266. The third kappa shape index (κ3) is 3.77. The van der Waals surface area contributed by atoms with Gasteiger partial charge in [-0.25, -0.2) is 4.98 Å². The lowest BCUT2D eigenvalue weighted by molar-refractivity contribution is 0.395. The molecule has 3 aromatic rings. The molecule has 0 aliphatic rings. The number of ether oxygens (including phenoxy) is 2. The summed E-state index contributed by atoms with van der Waals surface area (Å²) in [4.78, 5) is 21.7. The Morgan fingerprint density at radius 1 is 1.27 bits per heavy atom. The van der Waals surface area contributed by atoms with E-state index in [9.17, 15) is 4.79 Å². The molecule has 3 rings (SSSR count). The van der Waals surface area contributed by atoms with Crippen LogP contribution in [-0.4, -0.2) is 40.3 Å². The normalized spacial score (nSPS) is 10.5. The molecule has 0 fully saturated rings. The van der Waals surface area contributed by atoms with Crippen LogP contribution in [0.25, 0.3) is 11.3 Å². The molecule has 3 N–H and O–H groups in total. The number of H-pyrrole nitrogens is 2. The second-order valence-corrected chi connectivity index (χ2v) is 5.79. The molecule has 0 aliphatic heterocycles. The minimum Gasteiger partial charge on any atom is -0.497 e. The van der Waals surface area contributed by atoms with Gasteiger partial charge in [-0.1, -0.05) is 0 Å². The van der Waals surface area contributed by atoms with Gasteiger partial charge in [-0.15, -0.1) is 0 Å². The minimum atomic E-state index is -0.266. The molecule has 2 aromatic heterocycles. The molecule has 136 valence electrons. The Balaban J connectivity index is 1.98. The van der Waals surface area contributed by atoms with Gasteiger partial charge in [-0.2, -0.15) is 0 Å². The highest BCUT2D eigenvalue weighted by Gasteiger charge is 2.13. The third-order valence-electron chi connectivity index (χ3n) is 3.84. The number of hydrogen-bond donors (Lipinski definition) is 3. The summed E-state index contributed by atoms with van der Waals surface area (Å²) in [6.45, 7) is 1.10. The monoisotopic (exact) mass is 373 g/mol. The van der Waals surface area contributed by atoms with Crippen LogP contribution in [0.5, 0.6) is 11.5 Å². The van der Waals surface area contributed by atoms with Gasteiger partial charge in [0.15, 0.2) is 10.7 Å². The fraction of sp³-hybridized carbons (Fsp3) is 0.235. The first kappa shape index (κ1) is 17.7. The average Bonchev–Trinajstić information content (AvgIpc) is 3.16. The zero-order valence-corrected chi connectivity index (χ0v) is 15.2. The van der Waals surface area contributed by atoms with Crippen molar-refractivity contribution in [2.24, 2.45) is 0 Å². The van der Waals surface area contributed by atoms with Crippen molar-refractivity contribution in [2.75, 3.05) is 26.1 Å². The Bertz CT molecular complexity index is 994. The van der Waals surface area contributed by atoms with Crippen molar-refractivity contribution in [2.45, 2.75) is 6.54 Å². The number of hydrogen-bond acceptors (Lipinski definition) is 6. The molecule has 8 nitrogen and oxygen atoms in total. The number of benzene rings is 1. The summed E-state index contributed by atoms with van der Waals surface area (Å²) >= 11 is 5.36. The standard InChI is InChI=1S/C17H19N5O3S/c1-24-11-3-4-12(14(9-11)25-2)13-10-15(23)21-17(26)22(13)8-7-20-16-18-5-6-19-16/h3-6,9-10H,7-8H2,1-2H3,(H2,18,19,20)(H,21,23,26). The molecule has 0 saturated heterocycles. The first-order valence-corrected chi connectivity index (χ1v) is 8.33. The van der Waals surface area contributed by atoms with E-state index in [2.05, 4.69) is 20.3 Å². The van der Waals surface area contributed by atoms with Crippen molar-refractivity contribution in [3.05, 3.63) is 51.8 Å². The second-order valence-electron chi connectivity index (χ2n) is 5.41. The van der Waals surface area contributed by atoms with Crippen LogP contribution >= 0.6 is 12.2 Å². The number of anilines is 1. The Labute approximate surface area is 154 Å². The van der Waals surface area contributed by atoms with Crippen molar-refractivity contribution >= 4 is 18.2 Å². The van der Waals surface area contributed by atoms with E-state index in [0.717, 1.165) is 5.56 Å². The van der Waals surface area contributed by atoms with Crippen LogP contribution < -0.4 is 20.3 Å². The van der Waals surface area contributed by atoms with Crippen molar-refractivity contribution in [3.8, 4) is 22.8 Å². The molecular weight excluding hydrogens is 354 g/mol. The van der Waals surface area contributed by atoms with Gasteiger partial charge in [-0.05, 0) is 24.4 Å². The van der Waals surface area contributed by atoms with Gasteiger partial charge in [0, 0.05) is 43.2 Å². The summed E-state index contributed by atoms with van der Waals surface area (Å²) in [7, 11) is 3.16. The van der Waals surface area contributed by atoms with Crippen LogP contribution in [0.3, 0.4) is 0 Å². The number of nitrogens with zero attached hydrogens (tertiary/aromatic N) is 2. The molecule has 0 atom stereocenters. The maximum atomic E-state index is 12.0. The van der Waals surface area contributed by atoms with Gasteiger partial charge >= 0.3 is 0 Å². The molecule has 0 radical (unpaired) electrons. The molecule has 0 unspecified atom stereocenters. The van der Waals surface area contributed by atoms with Crippen molar-refractivity contribution < 1.29 is 9.47 Å². The summed E-state index contributed by atoms with van der Waals surface area (Å²) in [6, 6.07) is 6.93. The van der Waals surface area contributed by atoms with Crippen LogP contribution in [0.2, 0.25) is 0 Å². The van der Waals surface area contributed by atoms with Crippen LogP contribution in [0.4, 0.5) is 5.95 Å². The summed E-state index contributed by atoms with van der Waals surface area (Å²) in [5.41, 5.74) is 1.15. The van der Waals surface area contributed by atoms with E-state index in [1.165, 1.54) is 6.07 Å². The number of rotatable bonds is 7. The van der Waals surface area contributed by atoms with Crippen molar-refractivity contribution in [1.29, 1.82) is 0 Å². The molecule has 0 bridgehead atoms. The third-order valence-corrected chi connectivity index (χ3v) is 4.17. The highest BCUT2D eigenvalue weighted by Crippen LogP contribution is 2.32. The van der Waals surface area contributed by atoms with Gasteiger partial charge in [-0.3, -0.25) is 9.78 Å². The first-order valence-electron chi connectivity index (χ1n) is 7.92. The van der Waals surface area contributed by atoms with E-state index in [4.69, 9.17) is 21.7 Å². The van der Waals surface area contributed by atoms with Crippen molar-refractivity contribution in [3.63, 3.8) is 0 Å². The molecule has 2 heterocycles.